The van der Waals surface area contributed by atoms with Crippen LogP contribution in [0, 0.1) is 29.2 Å². The van der Waals surface area contributed by atoms with Crippen LogP contribution in [-0.4, -0.2) is 63.4 Å². The Hall–Kier alpha value is -9.61. The molecule has 560 valence electrons. The number of halogens is 6. The molecule has 1 N–H and O–H groups in total. The third-order valence-electron chi connectivity index (χ3n) is 16.3. The lowest BCUT2D eigenvalue weighted by Gasteiger charge is -2.27. The first-order valence-corrected chi connectivity index (χ1v) is 37.0. The van der Waals surface area contributed by atoms with E-state index in [1.54, 1.807) is 42.5 Å². The number of unbranched alkanes of at least 4 members (excludes halogenated alkanes) is 7. The van der Waals surface area contributed by atoms with Crippen molar-refractivity contribution in [3.05, 3.63) is 197 Å². The molecule has 0 amide bonds. The van der Waals surface area contributed by atoms with Crippen LogP contribution in [0.25, 0.3) is 35.2 Å². The van der Waals surface area contributed by atoms with Crippen LogP contribution in [-0.2, 0) is 34.3 Å². The largest absolute Gasteiger partial charge is 0.493 e. The average Bonchev–Trinajstić information content (AvgIpc) is 1.59. The van der Waals surface area contributed by atoms with Crippen molar-refractivity contribution < 1.29 is 83.9 Å². The lowest BCUT2D eigenvalue weighted by molar-refractivity contribution is -0.304. The molecule has 105 heavy (non-hydrogen) atoms. The molecular weight excluding hydrogens is 1400 g/mol. The van der Waals surface area contributed by atoms with E-state index in [4.69, 9.17) is 49.5 Å². The van der Waals surface area contributed by atoms with E-state index < -0.39 is 29.8 Å². The fourth-order valence-corrected chi connectivity index (χ4v) is 12.6. The Balaban J connectivity index is 1.14. The number of benzene rings is 4. The molecule has 4 aromatic carbocycles. The number of aliphatic hydroxyl groups excluding tert-OH is 1. The van der Waals surface area contributed by atoms with Crippen LogP contribution in [0.3, 0.4) is 0 Å². The zero-order valence-electron chi connectivity index (χ0n) is 60.1. The number of ether oxygens (including phenoxy) is 9. The minimum absolute atomic E-state index is 0.00529. The van der Waals surface area contributed by atoms with Crippen molar-refractivity contribution >= 4 is 58.7 Å². The van der Waals surface area contributed by atoms with Gasteiger partial charge in [0.1, 0.15) is 60.6 Å². The molecule has 6 aromatic rings. The van der Waals surface area contributed by atoms with Gasteiger partial charge in [-0.3, -0.25) is 0 Å². The van der Waals surface area contributed by atoms with Crippen LogP contribution in [0.5, 0.6) is 46.0 Å². The minimum Gasteiger partial charge on any atom is -0.493 e. The first kappa shape index (κ1) is 82.7. The van der Waals surface area contributed by atoms with E-state index in [-0.39, 0.29) is 74.4 Å². The number of hydrogen-bond donors (Lipinski definition) is 1. The maximum atomic E-state index is 13.5. The first-order valence-electron chi connectivity index (χ1n) is 35.3. The maximum absolute atomic E-state index is 13.5. The number of thiophene rings is 2. The summed E-state index contributed by atoms with van der Waals surface area (Å²) in [4.78, 5) is 20.9. The summed E-state index contributed by atoms with van der Waals surface area (Å²) in [6, 6.07) is 24.4. The van der Waals surface area contributed by atoms with Crippen molar-refractivity contribution in [1.29, 1.82) is 10.5 Å². The fraction of sp³-hybridized carbons (Fsp3) is 0.395. The number of nitrogens with zero attached hydrogens (tertiary/aromatic N) is 4. The zero-order chi connectivity index (χ0) is 75.4. The van der Waals surface area contributed by atoms with Gasteiger partial charge in [0.25, 0.3) is 0 Å². The van der Waals surface area contributed by atoms with Crippen molar-refractivity contribution in [2.45, 2.75) is 157 Å². The Morgan fingerprint density at radius 3 is 1.41 bits per heavy atom. The second kappa shape index (κ2) is 44.3. The summed E-state index contributed by atoms with van der Waals surface area (Å²) in [6.07, 6.45) is 18.0. The van der Waals surface area contributed by atoms with E-state index in [2.05, 4.69) is 90.3 Å². The second-order valence-corrected chi connectivity index (χ2v) is 26.5. The van der Waals surface area contributed by atoms with Crippen molar-refractivity contribution in [2.24, 2.45) is 0 Å². The van der Waals surface area contributed by atoms with Gasteiger partial charge in [0, 0.05) is 37.0 Å². The fourth-order valence-electron chi connectivity index (χ4n) is 10.6. The predicted molar refractivity (Wildman–Crippen MR) is 398 cm³/mol. The van der Waals surface area contributed by atoms with Gasteiger partial charge in [-0.05, 0) is 160 Å². The van der Waals surface area contributed by atoms with Gasteiger partial charge in [-0.1, -0.05) is 115 Å². The van der Waals surface area contributed by atoms with Crippen molar-refractivity contribution in [3.63, 3.8) is 0 Å². The topological polar surface area (TPSA) is 177 Å². The van der Waals surface area contributed by atoms with E-state index in [1.807, 2.05) is 30.4 Å². The van der Waals surface area contributed by atoms with Crippen LogP contribution >= 0.6 is 22.7 Å². The third-order valence-corrected chi connectivity index (χ3v) is 18.5. The van der Waals surface area contributed by atoms with E-state index in [1.165, 1.54) is 59.9 Å². The van der Waals surface area contributed by atoms with Crippen molar-refractivity contribution in [1.82, 2.24) is 0 Å². The number of anilines is 1. The van der Waals surface area contributed by atoms with Gasteiger partial charge in [0.05, 0.1) is 59.1 Å². The summed E-state index contributed by atoms with van der Waals surface area (Å²) in [7, 11) is 0. The molecule has 1 atom stereocenters. The van der Waals surface area contributed by atoms with Gasteiger partial charge < -0.3 is 52.6 Å². The number of rotatable bonds is 47. The van der Waals surface area contributed by atoms with Crippen LogP contribution in [0.2, 0.25) is 0 Å². The van der Waals surface area contributed by atoms with E-state index in [9.17, 15) is 42.0 Å². The lowest BCUT2D eigenvalue weighted by Crippen LogP contribution is -2.26. The Kier molecular flexibility index (Phi) is 34.8. The number of aliphatic hydroxyl groups is 1. The van der Waals surface area contributed by atoms with Gasteiger partial charge in [0.2, 0.25) is 5.70 Å². The molecule has 1 unspecified atom stereocenters. The Labute approximate surface area is 619 Å². The quantitative estimate of drug-likeness (QED) is 0.00725. The standard InChI is InChI=1S/C81H90F6N4O12S2/c1-8-13-43-93-73-67(36-28-56-22-29-61(30-23-56)91(12-5)41-19-17-18-20-42-92)104-69(75(73)95-45-15-10-3)38-39-70-76(96-46-16-11-4)74(94-44-14-9-2)68(105-70)37-35-66-71(90-7)72(60(51-88)52-89)103-81(66,6)40-21-47-99-100-55-59-48-64(97-53-57-24-31-62(32-25-57)101-79(86)77(82)83)50-65(49-59)98-54-58-26-33-63(34-27-58)102-80(87)78(84)85/h22-39,48-50,92H,8-21,40-47,53-55H2,1-6H3. The molecule has 7 rings (SSSR count). The van der Waals surface area contributed by atoms with Gasteiger partial charge in [-0.15, -0.1) is 22.7 Å². The maximum Gasteiger partial charge on any atom is 0.344 e. The molecule has 1 aliphatic heterocycles. The number of hydrogen-bond acceptors (Lipinski definition) is 17. The molecule has 1 aliphatic rings. The molecule has 0 spiro atoms. The van der Waals surface area contributed by atoms with Gasteiger partial charge in [-0.25, -0.2) is 14.6 Å². The summed E-state index contributed by atoms with van der Waals surface area (Å²) < 4.78 is 132. The molecule has 0 saturated heterocycles. The number of nitriles is 2. The Bertz CT molecular complexity index is 4000. The van der Waals surface area contributed by atoms with Crippen LogP contribution in [0.15, 0.2) is 144 Å². The third kappa shape index (κ3) is 25.6. The van der Waals surface area contributed by atoms with Crippen molar-refractivity contribution in [3.8, 4) is 58.1 Å². The smallest absolute Gasteiger partial charge is 0.344 e. The predicted octanol–water partition coefficient (Wildman–Crippen LogP) is 22.4. The highest BCUT2D eigenvalue weighted by atomic mass is 32.1. The Morgan fingerprint density at radius 2 is 0.981 bits per heavy atom. The SMILES string of the molecule is [C-]#[N+]C1=C(C=Cc2sc(C=Cc3sc(C=Cc4ccc(N(CC)CCCCCCO)cc4)c(OCCCC)c3OCCCC)c(OCCCC)c2OCCCC)C(C)(CCCOOCc2cc(OCc3ccc(OC(F)=C(F)F)cc3)cc(OCc3ccc(OC(F)=C(F)F)cc3)c2)OC1=C(C#N)C#N. The highest BCUT2D eigenvalue weighted by Crippen LogP contribution is 2.50. The Morgan fingerprint density at radius 1 is 0.524 bits per heavy atom. The first-order chi connectivity index (χ1) is 51.0. The molecular formula is C81H90F6N4O12S2. The van der Waals surface area contributed by atoms with E-state index in [0.717, 1.165) is 116 Å². The molecule has 16 nitrogen and oxygen atoms in total. The molecule has 3 heterocycles. The van der Waals surface area contributed by atoms with Gasteiger partial charge >= 0.3 is 24.2 Å². The number of allylic oxidation sites excluding steroid dienone is 1. The minimum atomic E-state index is -2.60. The lowest BCUT2D eigenvalue weighted by atomic mass is 9.90. The van der Waals surface area contributed by atoms with Gasteiger partial charge in [0.15, 0.2) is 34.3 Å². The van der Waals surface area contributed by atoms with Crippen LogP contribution < -0.4 is 42.8 Å². The second-order valence-electron chi connectivity index (χ2n) is 24.4. The molecule has 0 radical (unpaired) electrons. The summed E-state index contributed by atoms with van der Waals surface area (Å²) in [5.41, 5.74) is 2.62. The monoisotopic (exact) mass is 1490 g/mol. The zero-order valence-corrected chi connectivity index (χ0v) is 61.7. The normalized spacial score (nSPS) is 13.4. The highest BCUT2D eigenvalue weighted by molar-refractivity contribution is 7.15. The highest BCUT2D eigenvalue weighted by Gasteiger charge is 2.42. The summed E-state index contributed by atoms with van der Waals surface area (Å²) in [5.74, 6) is 2.57. The van der Waals surface area contributed by atoms with E-state index in [0.29, 0.717) is 88.1 Å². The van der Waals surface area contributed by atoms with E-state index >= 15 is 0 Å². The van der Waals surface area contributed by atoms with Crippen molar-refractivity contribution in [2.75, 3.05) is 57.6 Å². The molecule has 0 fully saturated rings. The molecule has 0 bridgehead atoms. The van der Waals surface area contributed by atoms with Crippen LogP contribution in [0.1, 0.15) is 173 Å². The molecule has 0 saturated carbocycles. The summed E-state index contributed by atoms with van der Waals surface area (Å²) in [6.45, 7) is 24.5. The molecule has 24 heteroatoms. The summed E-state index contributed by atoms with van der Waals surface area (Å²) >= 11 is 3.01. The van der Waals surface area contributed by atoms with Gasteiger partial charge in [-0.2, -0.15) is 36.9 Å². The molecule has 0 aliphatic carbocycles. The summed E-state index contributed by atoms with van der Waals surface area (Å²) in [5, 5.41) is 29.5. The molecule has 2 aromatic heterocycles. The van der Waals surface area contributed by atoms with Crippen LogP contribution in [0.4, 0.5) is 32.0 Å². The average molecular weight is 1490 g/mol.